The van der Waals surface area contributed by atoms with Crippen molar-refractivity contribution < 1.29 is 13.9 Å². The summed E-state index contributed by atoms with van der Waals surface area (Å²) in [6, 6.07) is 15.4. The van der Waals surface area contributed by atoms with E-state index in [1.54, 1.807) is 25.3 Å². The maximum Gasteiger partial charge on any atom is 0.273 e. The molecule has 29 heavy (non-hydrogen) atoms. The second-order valence-electron chi connectivity index (χ2n) is 7.10. The summed E-state index contributed by atoms with van der Waals surface area (Å²) in [7, 11) is 1.76. The Morgan fingerprint density at radius 1 is 1.14 bits per heavy atom. The number of halogens is 1. The summed E-state index contributed by atoms with van der Waals surface area (Å²) in [5, 5.41) is 9.75. The summed E-state index contributed by atoms with van der Waals surface area (Å²) in [6.07, 6.45) is 2.38. The number of aromatic amines is 1. The molecule has 2 N–H and O–H groups in total. The number of carbonyl (C=O) groups excluding carboxylic acids is 1. The minimum atomic E-state index is -0.311. The van der Waals surface area contributed by atoms with Crippen molar-refractivity contribution in [3.8, 4) is 11.3 Å². The van der Waals surface area contributed by atoms with E-state index >= 15 is 0 Å². The first kappa shape index (κ1) is 19.1. The van der Waals surface area contributed by atoms with Gasteiger partial charge >= 0.3 is 0 Å². The monoisotopic (exact) mass is 394 g/mol. The zero-order valence-electron chi connectivity index (χ0n) is 16.2. The minimum Gasteiger partial charge on any atom is -0.381 e. The van der Waals surface area contributed by atoms with Crippen LogP contribution in [0.4, 0.5) is 15.8 Å². The number of hydrogen-bond acceptors (Lipinski definition) is 4. The summed E-state index contributed by atoms with van der Waals surface area (Å²) in [4.78, 5) is 14.8. The molecule has 1 amide bonds. The number of nitrogens with zero attached hydrogens (tertiary/aromatic N) is 2. The summed E-state index contributed by atoms with van der Waals surface area (Å²) in [6.45, 7) is 1.93. The average Bonchev–Trinajstić information content (AvgIpc) is 3.25. The molecular weight excluding hydrogens is 371 g/mol. The number of carbonyl (C=O) groups is 1. The Hall–Kier alpha value is -3.19. The zero-order chi connectivity index (χ0) is 20.2. The number of H-pyrrole nitrogens is 1. The molecule has 150 valence electrons. The molecule has 0 radical (unpaired) electrons. The Labute approximate surface area is 168 Å². The molecule has 0 aliphatic carbocycles. The lowest BCUT2D eigenvalue weighted by molar-refractivity contribution is 0.0819. The van der Waals surface area contributed by atoms with Crippen LogP contribution in [-0.2, 0) is 4.74 Å². The third kappa shape index (κ3) is 4.46. The molecule has 0 saturated carbocycles. The van der Waals surface area contributed by atoms with E-state index in [0.29, 0.717) is 23.2 Å². The van der Waals surface area contributed by atoms with E-state index < -0.39 is 0 Å². The lowest BCUT2D eigenvalue weighted by Gasteiger charge is -2.33. The van der Waals surface area contributed by atoms with E-state index in [1.807, 2.05) is 24.3 Å². The molecular formula is C22H23FN4O2. The van der Waals surface area contributed by atoms with Gasteiger partial charge in [0.15, 0.2) is 0 Å². The first-order valence-electron chi connectivity index (χ1n) is 9.63. The number of aromatic nitrogens is 2. The Bertz CT molecular complexity index is 961. The van der Waals surface area contributed by atoms with E-state index in [1.165, 1.54) is 12.1 Å². The highest BCUT2D eigenvalue weighted by molar-refractivity contribution is 6.03. The molecule has 0 atom stereocenters. The first-order chi connectivity index (χ1) is 14.1. The van der Waals surface area contributed by atoms with Gasteiger partial charge in [-0.3, -0.25) is 9.89 Å². The normalized spacial score (nSPS) is 14.8. The van der Waals surface area contributed by atoms with Gasteiger partial charge in [0.1, 0.15) is 11.5 Å². The van der Waals surface area contributed by atoms with E-state index in [2.05, 4.69) is 20.4 Å². The van der Waals surface area contributed by atoms with Crippen LogP contribution in [0.25, 0.3) is 11.3 Å². The third-order valence-electron chi connectivity index (χ3n) is 5.23. The molecule has 1 aliphatic rings. The standard InChI is InChI=1S/C22H23FN4O2/c1-29-19-10-12-27(13-11-19)18-8-6-17(7-9-18)24-22(28)21-14-20(25-26-21)15-2-4-16(23)5-3-15/h2-9,14,19H,10-13H2,1H3,(H,24,28)(H,25,26). The molecule has 1 saturated heterocycles. The van der Waals surface area contributed by atoms with Crippen LogP contribution in [-0.4, -0.2) is 42.4 Å². The van der Waals surface area contributed by atoms with E-state index in [9.17, 15) is 9.18 Å². The predicted octanol–water partition coefficient (Wildman–Crippen LogP) is 4.08. The van der Waals surface area contributed by atoms with Gasteiger partial charge in [-0.15, -0.1) is 0 Å². The minimum absolute atomic E-state index is 0.278. The van der Waals surface area contributed by atoms with Crippen LogP contribution in [0.5, 0.6) is 0 Å². The molecule has 2 aromatic carbocycles. The topological polar surface area (TPSA) is 70.2 Å². The molecule has 1 aromatic heterocycles. The molecule has 1 fully saturated rings. The molecule has 3 aromatic rings. The third-order valence-corrected chi connectivity index (χ3v) is 5.23. The summed E-state index contributed by atoms with van der Waals surface area (Å²) >= 11 is 0. The van der Waals surface area contributed by atoms with Crippen LogP contribution >= 0.6 is 0 Å². The summed E-state index contributed by atoms with van der Waals surface area (Å²) < 4.78 is 18.5. The highest BCUT2D eigenvalue weighted by Gasteiger charge is 2.19. The summed E-state index contributed by atoms with van der Waals surface area (Å²) in [5.74, 6) is -0.590. The maximum atomic E-state index is 13.1. The maximum absolute atomic E-state index is 13.1. The quantitative estimate of drug-likeness (QED) is 0.684. The molecule has 7 heteroatoms. The van der Waals surface area contributed by atoms with Crippen LogP contribution < -0.4 is 10.2 Å². The van der Waals surface area contributed by atoms with E-state index in [0.717, 1.165) is 37.2 Å². The highest BCUT2D eigenvalue weighted by Crippen LogP contribution is 2.23. The fourth-order valence-electron chi connectivity index (χ4n) is 3.51. The van der Waals surface area contributed by atoms with Crippen molar-refractivity contribution in [1.82, 2.24) is 10.2 Å². The van der Waals surface area contributed by atoms with Gasteiger partial charge in [0.25, 0.3) is 5.91 Å². The fourth-order valence-corrected chi connectivity index (χ4v) is 3.51. The SMILES string of the molecule is COC1CCN(c2ccc(NC(=O)c3cc(-c4ccc(F)cc4)n[nH]3)cc2)CC1. The van der Waals surface area contributed by atoms with Gasteiger partial charge in [0, 0.05) is 37.1 Å². The molecule has 6 nitrogen and oxygen atoms in total. The fraction of sp³-hybridized carbons (Fsp3) is 0.273. The molecule has 2 heterocycles. The highest BCUT2D eigenvalue weighted by atomic mass is 19.1. The van der Waals surface area contributed by atoms with E-state index in [4.69, 9.17) is 4.74 Å². The Morgan fingerprint density at radius 2 is 1.83 bits per heavy atom. The number of amides is 1. The van der Waals surface area contributed by atoms with Crippen LogP contribution in [0, 0.1) is 5.82 Å². The predicted molar refractivity (Wildman–Crippen MR) is 111 cm³/mol. The van der Waals surface area contributed by atoms with Crippen molar-refractivity contribution in [3.63, 3.8) is 0 Å². The van der Waals surface area contributed by atoms with Crippen molar-refractivity contribution in [1.29, 1.82) is 0 Å². The second-order valence-corrected chi connectivity index (χ2v) is 7.10. The van der Waals surface area contributed by atoms with Crippen LogP contribution in [0.15, 0.2) is 54.6 Å². The molecule has 0 spiro atoms. The van der Waals surface area contributed by atoms with Crippen LogP contribution in [0.3, 0.4) is 0 Å². The number of ether oxygens (including phenoxy) is 1. The lowest BCUT2D eigenvalue weighted by Crippen LogP contribution is -2.36. The number of nitrogens with one attached hydrogen (secondary N) is 2. The van der Waals surface area contributed by atoms with Crippen molar-refractivity contribution in [2.45, 2.75) is 18.9 Å². The average molecular weight is 394 g/mol. The van der Waals surface area contributed by atoms with Gasteiger partial charge < -0.3 is 15.0 Å². The van der Waals surface area contributed by atoms with Crippen molar-refractivity contribution in [2.24, 2.45) is 0 Å². The van der Waals surface area contributed by atoms with Gasteiger partial charge in [-0.1, -0.05) is 0 Å². The molecule has 0 bridgehead atoms. The molecule has 0 unspecified atom stereocenters. The summed E-state index contributed by atoms with van der Waals surface area (Å²) in [5.41, 5.74) is 3.52. The van der Waals surface area contributed by atoms with Crippen LogP contribution in [0.1, 0.15) is 23.3 Å². The van der Waals surface area contributed by atoms with Gasteiger partial charge in [-0.05, 0) is 67.4 Å². The number of rotatable bonds is 5. The van der Waals surface area contributed by atoms with Gasteiger partial charge in [0.2, 0.25) is 0 Å². The Kier molecular flexibility index (Phi) is 5.57. The van der Waals surface area contributed by atoms with Crippen molar-refractivity contribution in [3.05, 3.63) is 66.1 Å². The smallest absolute Gasteiger partial charge is 0.273 e. The van der Waals surface area contributed by atoms with Gasteiger partial charge in [-0.2, -0.15) is 5.10 Å². The molecule has 4 rings (SSSR count). The lowest BCUT2D eigenvalue weighted by atomic mass is 10.1. The number of benzene rings is 2. The van der Waals surface area contributed by atoms with Gasteiger partial charge in [-0.25, -0.2) is 4.39 Å². The second kappa shape index (κ2) is 8.45. The van der Waals surface area contributed by atoms with Crippen molar-refractivity contribution in [2.75, 3.05) is 30.4 Å². The van der Waals surface area contributed by atoms with Crippen LogP contribution in [0.2, 0.25) is 0 Å². The Balaban J connectivity index is 1.38. The largest absolute Gasteiger partial charge is 0.381 e. The number of methoxy groups -OCH3 is 1. The van der Waals surface area contributed by atoms with Crippen molar-refractivity contribution >= 4 is 17.3 Å². The number of hydrogen-bond donors (Lipinski definition) is 2. The van der Waals surface area contributed by atoms with E-state index in [-0.39, 0.29) is 11.7 Å². The number of piperidine rings is 1. The first-order valence-corrected chi connectivity index (χ1v) is 9.63. The van der Waals surface area contributed by atoms with Gasteiger partial charge in [0.05, 0.1) is 11.8 Å². The zero-order valence-corrected chi connectivity index (χ0v) is 16.2. The number of anilines is 2. The molecule has 1 aliphatic heterocycles. The Morgan fingerprint density at radius 3 is 2.48 bits per heavy atom.